The molecular weight excluding hydrogens is 414 g/mol. The molecule has 2 aromatic carbocycles. The second kappa shape index (κ2) is 8.24. The lowest BCUT2D eigenvalue weighted by atomic mass is 10.1. The fourth-order valence-corrected chi connectivity index (χ4v) is 4.13. The van der Waals surface area contributed by atoms with Gasteiger partial charge in [0.2, 0.25) is 15.0 Å². The number of hydrogen-bond donors (Lipinski definition) is 1. The molecule has 8 nitrogen and oxygen atoms in total. The normalized spacial score (nSPS) is 14.3. The molecule has 2 heterocycles. The van der Waals surface area contributed by atoms with E-state index in [1.165, 1.54) is 0 Å². The topological polar surface area (TPSA) is 110 Å². The first kappa shape index (κ1) is 20.6. The van der Waals surface area contributed by atoms with Gasteiger partial charge in [-0.05, 0) is 18.2 Å². The molecule has 1 aromatic heterocycles. The van der Waals surface area contributed by atoms with Gasteiger partial charge < -0.3 is 14.8 Å². The highest BCUT2D eigenvalue weighted by molar-refractivity contribution is 7.90. The van der Waals surface area contributed by atoms with Crippen molar-refractivity contribution >= 4 is 21.4 Å². The molecule has 9 heteroatoms. The van der Waals surface area contributed by atoms with Gasteiger partial charge in [0.05, 0.1) is 11.6 Å². The maximum atomic E-state index is 13.3. The summed E-state index contributed by atoms with van der Waals surface area (Å²) in [6.07, 6.45) is 1.06. The number of nitrogens with zero attached hydrogens (tertiary/aromatic N) is 4. The van der Waals surface area contributed by atoms with E-state index >= 15 is 0 Å². The third kappa shape index (κ3) is 4.29. The van der Waals surface area contributed by atoms with Crippen molar-refractivity contribution in [2.24, 2.45) is 0 Å². The van der Waals surface area contributed by atoms with Crippen molar-refractivity contribution < 1.29 is 13.2 Å². The zero-order valence-corrected chi connectivity index (χ0v) is 17.8. The highest BCUT2D eigenvalue weighted by Gasteiger charge is 2.28. The Bertz CT molecular complexity index is 1250. The lowest BCUT2D eigenvalue weighted by Gasteiger charge is -2.36. The van der Waals surface area contributed by atoms with Crippen LogP contribution in [0.15, 0.2) is 59.8 Å². The number of H-pyrrole nitrogens is 1. The van der Waals surface area contributed by atoms with Crippen molar-refractivity contribution in [3.8, 4) is 17.3 Å². The number of anilines is 1. The summed E-state index contributed by atoms with van der Waals surface area (Å²) in [5.41, 5.74) is 2.71. The number of nitrogens with one attached hydrogen (secondary N) is 1. The molecule has 1 N–H and O–H groups in total. The van der Waals surface area contributed by atoms with Gasteiger partial charge in [0.15, 0.2) is 0 Å². The number of aromatic amines is 1. The van der Waals surface area contributed by atoms with E-state index in [-0.39, 0.29) is 16.8 Å². The van der Waals surface area contributed by atoms with Gasteiger partial charge in [0, 0.05) is 43.7 Å². The van der Waals surface area contributed by atoms with E-state index in [9.17, 15) is 13.2 Å². The second-order valence-electron chi connectivity index (χ2n) is 7.35. The maximum Gasteiger partial charge on any atom is 0.272 e. The van der Waals surface area contributed by atoms with E-state index in [0.29, 0.717) is 43.0 Å². The van der Waals surface area contributed by atoms with Crippen LogP contribution in [0.1, 0.15) is 16.1 Å². The van der Waals surface area contributed by atoms with Gasteiger partial charge in [0.1, 0.15) is 11.4 Å². The number of carbonyl (C=O) groups excluding carboxylic acids is 1. The van der Waals surface area contributed by atoms with E-state index in [2.05, 4.69) is 20.9 Å². The largest absolute Gasteiger partial charge is 0.368 e. The summed E-state index contributed by atoms with van der Waals surface area (Å²) in [6.45, 7) is 2.15. The Kier molecular flexibility index (Phi) is 5.48. The minimum absolute atomic E-state index is 0.173. The van der Waals surface area contributed by atoms with Crippen molar-refractivity contribution in [3.63, 3.8) is 0 Å². The van der Waals surface area contributed by atoms with E-state index in [4.69, 9.17) is 5.26 Å². The highest BCUT2D eigenvalue weighted by Crippen LogP contribution is 2.25. The van der Waals surface area contributed by atoms with Crippen LogP contribution in [0.25, 0.3) is 11.3 Å². The summed E-state index contributed by atoms with van der Waals surface area (Å²) in [7, 11) is -3.60. The molecule has 31 heavy (non-hydrogen) atoms. The molecule has 3 aromatic rings. The minimum Gasteiger partial charge on any atom is -0.368 e. The SMILES string of the molecule is CS(=O)(=O)c1nc(-c2ccccc2)c(C(=O)N2CCN(c3cccc(C#N)c3)CC2)[nH]1. The van der Waals surface area contributed by atoms with Crippen LogP contribution in [0.2, 0.25) is 0 Å². The monoisotopic (exact) mass is 435 g/mol. The van der Waals surface area contributed by atoms with E-state index in [1.807, 2.05) is 36.4 Å². The molecule has 0 radical (unpaired) electrons. The number of rotatable bonds is 4. The Balaban J connectivity index is 1.58. The Morgan fingerprint density at radius 2 is 1.77 bits per heavy atom. The van der Waals surface area contributed by atoms with Gasteiger partial charge in [-0.3, -0.25) is 4.79 Å². The van der Waals surface area contributed by atoms with Gasteiger partial charge in [-0.2, -0.15) is 5.26 Å². The number of benzene rings is 2. The zero-order chi connectivity index (χ0) is 22.0. The standard InChI is InChI=1S/C22H21N5O3S/c1-31(29,30)22-24-19(17-7-3-2-4-8-17)20(25-22)21(28)27-12-10-26(11-13-27)18-9-5-6-16(14-18)15-23/h2-9,14H,10-13H2,1H3,(H,24,25). The molecule has 0 saturated carbocycles. The van der Waals surface area contributed by atoms with Gasteiger partial charge in [-0.1, -0.05) is 36.4 Å². The van der Waals surface area contributed by atoms with Crippen LogP contribution in [0.5, 0.6) is 0 Å². The molecule has 158 valence electrons. The average molecular weight is 436 g/mol. The summed E-state index contributed by atoms with van der Waals surface area (Å²) in [6, 6.07) is 18.6. The van der Waals surface area contributed by atoms with E-state index in [1.54, 1.807) is 23.1 Å². The van der Waals surface area contributed by atoms with E-state index in [0.717, 1.165) is 11.9 Å². The molecule has 1 aliphatic rings. The lowest BCUT2D eigenvalue weighted by molar-refractivity contribution is 0.0742. The van der Waals surface area contributed by atoms with Gasteiger partial charge >= 0.3 is 0 Å². The van der Waals surface area contributed by atoms with Crippen LogP contribution in [-0.2, 0) is 9.84 Å². The van der Waals surface area contributed by atoms with Crippen LogP contribution in [-0.4, -0.2) is 61.6 Å². The molecule has 0 spiro atoms. The van der Waals surface area contributed by atoms with Crippen molar-refractivity contribution in [1.82, 2.24) is 14.9 Å². The Labute approximate surface area is 180 Å². The molecule has 0 unspecified atom stereocenters. The fraction of sp³-hybridized carbons (Fsp3) is 0.227. The Morgan fingerprint density at radius 1 is 1.06 bits per heavy atom. The summed E-state index contributed by atoms with van der Waals surface area (Å²) < 4.78 is 24.1. The minimum atomic E-state index is -3.60. The number of sulfone groups is 1. The van der Waals surface area contributed by atoms with Crippen LogP contribution < -0.4 is 4.90 Å². The molecule has 1 aliphatic heterocycles. The molecule has 0 aliphatic carbocycles. The predicted molar refractivity (Wildman–Crippen MR) is 116 cm³/mol. The molecule has 0 atom stereocenters. The lowest BCUT2D eigenvalue weighted by Crippen LogP contribution is -2.49. The summed E-state index contributed by atoms with van der Waals surface area (Å²) in [4.78, 5) is 24.0. The Hall–Kier alpha value is -3.64. The predicted octanol–water partition coefficient (Wildman–Crippen LogP) is 2.31. The first-order valence-corrected chi connectivity index (χ1v) is 11.7. The number of nitriles is 1. The van der Waals surface area contributed by atoms with Crippen LogP contribution in [0.3, 0.4) is 0 Å². The maximum absolute atomic E-state index is 13.3. The van der Waals surface area contributed by atoms with Crippen molar-refractivity contribution in [3.05, 3.63) is 65.9 Å². The first-order chi connectivity index (χ1) is 14.9. The first-order valence-electron chi connectivity index (χ1n) is 9.76. The highest BCUT2D eigenvalue weighted by atomic mass is 32.2. The molecular formula is C22H21N5O3S. The fourth-order valence-electron chi connectivity index (χ4n) is 3.58. The summed E-state index contributed by atoms with van der Waals surface area (Å²) in [5, 5.41) is 8.89. The van der Waals surface area contributed by atoms with Gasteiger partial charge in [-0.15, -0.1) is 0 Å². The number of amides is 1. The average Bonchev–Trinajstić information content (AvgIpc) is 3.25. The molecule has 4 rings (SSSR count). The van der Waals surface area contributed by atoms with Crippen molar-refractivity contribution in [1.29, 1.82) is 5.26 Å². The van der Waals surface area contributed by atoms with Crippen molar-refractivity contribution in [2.45, 2.75) is 5.16 Å². The Morgan fingerprint density at radius 3 is 2.42 bits per heavy atom. The second-order valence-corrected chi connectivity index (χ2v) is 9.28. The van der Waals surface area contributed by atoms with Crippen molar-refractivity contribution in [2.75, 3.05) is 37.3 Å². The number of carbonyl (C=O) groups is 1. The third-order valence-corrected chi connectivity index (χ3v) is 6.10. The van der Waals surface area contributed by atoms with E-state index < -0.39 is 9.84 Å². The number of hydrogen-bond acceptors (Lipinski definition) is 6. The molecule has 1 amide bonds. The van der Waals surface area contributed by atoms with Gasteiger partial charge in [-0.25, -0.2) is 13.4 Å². The smallest absolute Gasteiger partial charge is 0.272 e. The summed E-state index contributed by atoms with van der Waals surface area (Å²) >= 11 is 0. The number of imidazole rings is 1. The van der Waals surface area contributed by atoms with Gasteiger partial charge in [0.25, 0.3) is 5.91 Å². The third-order valence-electron chi connectivity index (χ3n) is 5.20. The van der Waals surface area contributed by atoms with Crippen LogP contribution in [0.4, 0.5) is 5.69 Å². The zero-order valence-electron chi connectivity index (χ0n) is 16.9. The number of piperazine rings is 1. The quantitative estimate of drug-likeness (QED) is 0.673. The van der Waals surface area contributed by atoms with Crippen LogP contribution >= 0.6 is 0 Å². The molecule has 1 fully saturated rings. The molecule has 1 saturated heterocycles. The van der Waals surface area contributed by atoms with Crippen LogP contribution in [0, 0.1) is 11.3 Å². The molecule has 0 bridgehead atoms. The summed E-state index contributed by atoms with van der Waals surface area (Å²) in [5.74, 6) is -0.285. The number of aromatic nitrogens is 2.